The highest BCUT2D eigenvalue weighted by Gasteiger charge is 2.22. The topological polar surface area (TPSA) is 26.2 Å². The molecule has 30 heavy (non-hydrogen) atoms. The Bertz CT molecular complexity index is 987. The van der Waals surface area contributed by atoms with E-state index in [1.165, 1.54) is 54.8 Å². The van der Waals surface area contributed by atoms with Gasteiger partial charge in [0.25, 0.3) is 5.52 Å². The molecule has 0 atom stereocenters. The average molecular weight is 519 g/mol. The Balaban J connectivity index is 0.00000320. The van der Waals surface area contributed by atoms with Crippen LogP contribution in [-0.2, 0) is 11.3 Å². The normalized spacial score (nSPS) is 12.0. The van der Waals surface area contributed by atoms with E-state index in [-0.39, 0.29) is 24.0 Å². The molecular weight excluding hydrogens is 485 g/mol. The van der Waals surface area contributed by atoms with Gasteiger partial charge >= 0.3 is 5.89 Å². The van der Waals surface area contributed by atoms with Crippen LogP contribution in [0.15, 0.2) is 58.7 Å². The second kappa shape index (κ2) is 12.8. The minimum absolute atomic E-state index is 0. The molecular formula is C26H34INO2. The number of benzene rings is 2. The highest BCUT2D eigenvalue weighted by atomic mass is 127. The van der Waals surface area contributed by atoms with Crippen molar-refractivity contribution in [3.8, 4) is 0 Å². The Labute approximate surface area is 197 Å². The summed E-state index contributed by atoms with van der Waals surface area (Å²) in [5, 5.41) is 2.38. The van der Waals surface area contributed by atoms with E-state index in [2.05, 4.69) is 60.0 Å². The van der Waals surface area contributed by atoms with Crippen LogP contribution < -0.4 is 28.5 Å². The Morgan fingerprint density at radius 1 is 1.00 bits per heavy atom. The maximum atomic E-state index is 6.37. The SMILES string of the molecule is CCCCCCCC[n+]1c(/C=C/C(C)=C/OCC)oc2c3ccccc3ccc21.[I-]. The summed E-state index contributed by atoms with van der Waals surface area (Å²) in [6, 6.07) is 12.8. The van der Waals surface area contributed by atoms with Gasteiger partial charge in [-0.05, 0) is 43.4 Å². The van der Waals surface area contributed by atoms with Crippen molar-refractivity contribution in [2.24, 2.45) is 0 Å². The van der Waals surface area contributed by atoms with E-state index in [0.717, 1.165) is 23.6 Å². The highest BCUT2D eigenvalue weighted by Crippen LogP contribution is 2.26. The Morgan fingerprint density at radius 3 is 2.57 bits per heavy atom. The van der Waals surface area contributed by atoms with Gasteiger partial charge in [0.1, 0.15) is 0 Å². The van der Waals surface area contributed by atoms with E-state index in [4.69, 9.17) is 9.15 Å². The van der Waals surface area contributed by atoms with E-state index >= 15 is 0 Å². The number of fused-ring (bicyclic) bond motifs is 3. The summed E-state index contributed by atoms with van der Waals surface area (Å²) in [5.74, 6) is 0.897. The molecule has 0 saturated carbocycles. The Morgan fingerprint density at radius 2 is 1.77 bits per heavy atom. The van der Waals surface area contributed by atoms with E-state index < -0.39 is 0 Å². The lowest BCUT2D eigenvalue weighted by atomic mass is 10.1. The molecule has 0 aliphatic carbocycles. The van der Waals surface area contributed by atoms with Crippen LogP contribution >= 0.6 is 0 Å². The third-order valence-corrected chi connectivity index (χ3v) is 5.28. The summed E-state index contributed by atoms with van der Waals surface area (Å²) in [6.45, 7) is 7.96. The van der Waals surface area contributed by atoms with Crippen LogP contribution in [0.5, 0.6) is 0 Å². The zero-order chi connectivity index (χ0) is 20.5. The molecule has 1 aromatic heterocycles. The summed E-state index contributed by atoms with van der Waals surface area (Å²) < 4.78 is 14.1. The van der Waals surface area contributed by atoms with Gasteiger partial charge in [-0.25, -0.2) is 0 Å². The number of hydrogen-bond donors (Lipinski definition) is 0. The zero-order valence-corrected chi connectivity index (χ0v) is 20.7. The van der Waals surface area contributed by atoms with E-state index in [0.29, 0.717) is 6.61 Å². The predicted octanol–water partition coefficient (Wildman–Crippen LogP) is 4.19. The number of unbranched alkanes of at least 4 members (excludes halogenated alkanes) is 5. The maximum Gasteiger partial charge on any atom is 0.374 e. The van der Waals surface area contributed by atoms with Crippen molar-refractivity contribution in [2.75, 3.05) is 6.61 Å². The van der Waals surface area contributed by atoms with Crippen LogP contribution in [0.4, 0.5) is 0 Å². The van der Waals surface area contributed by atoms with E-state index in [1.807, 2.05) is 13.8 Å². The molecule has 4 heteroatoms. The van der Waals surface area contributed by atoms with Crippen molar-refractivity contribution in [3.63, 3.8) is 0 Å². The lowest BCUT2D eigenvalue weighted by Crippen LogP contribution is -3.00. The van der Waals surface area contributed by atoms with Gasteiger partial charge < -0.3 is 33.1 Å². The standard InChI is InChI=1S/C26H34NO2.HI/c1-4-6-7-8-9-12-19-27-24-17-16-22-13-10-11-14-23(22)26(24)29-25(27)18-15-21(3)20-28-5-2;/h10-11,13-18,20H,4-9,12,19H2,1-3H3;1H/q+1;/p-1/b18-15+,21-20+;. The number of hydrogen-bond acceptors (Lipinski definition) is 2. The summed E-state index contributed by atoms with van der Waals surface area (Å²) in [4.78, 5) is 0. The average Bonchev–Trinajstić information content (AvgIpc) is 3.11. The van der Waals surface area contributed by atoms with Gasteiger partial charge in [0.05, 0.1) is 18.9 Å². The summed E-state index contributed by atoms with van der Waals surface area (Å²) in [5.41, 5.74) is 3.21. The van der Waals surface area contributed by atoms with Crippen molar-refractivity contribution in [2.45, 2.75) is 65.8 Å². The Kier molecular flexibility index (Phi) is 10.4. The van der Waals surface area contributed by atoms with E-state index in [9.17, 15) is 0 Å². The molecule has 162 valence electrons. The molecule has 0 aliphatic rings. The first kappa shape index (κ1) is 24.4. The molecule has 0 aliphatic heterocycles. The minimum Gasteiger partial charge on any atom is -1.00 e. The second-order valence-electron chi connectivity index (χ2n) is 7.65. The van der Waals surface area contributed by atoms with Gasteiger partial charge in [0.2, 0.25) is 5.58 Å². The molecule has 0 bridgehead atoms. The highest BCUT2D eigenvalue weighted by molar-refractivity contribution is 6.01. The Hall–Kier alpha value is -1.82. The number of nitrogens with zero attached hydrogens (tertiary/aromatic N) is 1. The van der Waals surface area contributed by atoms with Gasteiger partial charge in [-0.2, -0.15) is 4.57 Å². The fourth-order valence-corrected chi connectivity index (χ4v) is 3.69. The van der Waals surface area contributed by atoms with Crippen LogP contribution in [0.2, 0.25) is 0 Å². The first-order valence-electron chi connectivity index (χ1n) is 11.0. The third kappa shape index (κ3) is 6.34. The van der Waals surface area contributed by atoms with Crippen LogP contribution in [-0.4, -0.2) is 6.61 Å². The molecule has 3 rings (SSSR count). The third-order valence-electron chi connectivity index (χ3n) is 5.28. The minimum atomic E-state index is 0. The monoisotopic (exact) mass is 519 g/mol. The molecule has 0 amide bonds. The molecule has 0 radical (unpaired) electrons. The van der Waals surface area contributed by atoms with Gasteiger partial charge in [-0.1, -0.05) is 56.9 Å². The number of oxazole rings is 1. The molecule has 0 unspecified atom stereocenters. The van der Waals surface area contributed by atoms with Crippen LogP contribution in [0.1, 0.15) is 65.2 Å². The quantitative estimate of drug-likeness (QED) is 0.125. The van der Waals surface area contributed by atoms with Crippen LogP contribution in [0.25, 0.3) is 27.9 Å². The van der Waals surface area contributed by atoms with Gasteiger partial charge in [0, 0.05) is 17.9 Å². The first-order chi connectivity index (χ1) is 14.2. The molecule has 0 spiro atoms. The smallest absolute Gasteiger partial charge is 0.374 e. The largest absolute Gasteiger partial charge is 1.00 e. The van der Waals surface area contributed by atoms with E-state index in [1.54, 1.807) is 6.26 Å². The predicted molar refractivity (Wildman–Crippen MR) is 122 cm³/mol. The molecule has 0 N–H and O–H groups in total. The van der Waals surface area contributed by atoms with Gasteiger partial charge in [-0.3, -0.25) is 0 Å². The van der Waals surface area contributed by atoms with Crippen LogP contribution in [0.3, 0.4) is 0 Å². The van der Waals surface area contributed by atoms with Crippen LogP contribution in [0, 0.1) is 0 Å². The molecule has 0 saturated heterocycles. The van der Waals surface area contributed by atoms with Crippen molar-refractivity contribution >= 4 is 27.9 Å². The molecule has 3 aromatic rings. The van der Waals surface area contributed by atoms with Gasteiger partial charge in [-0.15, -0.1) is 0 Å². The van der Waals surface area contributed by atoms with Crippen molar-refractivity contribution in [1.82, 2.24) is 0 Å². The number of aromatic nitrogens is 1. The second-order valence-corrected chi connectivity index (χ2v) is 7.65. The molecule has 2 aromatic carbocycles. The van der Waals surface area contributed by atoms with Crippen molar-refractivity contribution in [1.29, 1.82) is 0 Å². The number of allylic oxidation sites excluding steroid dienone is 2. The summed E-state index contributed by atoms with van der Waals surface area (Å²) >= 11 is 0. The zero-order valence-electron chi connectivity index (χ0n) is 18.5. The number of rotatable bonds is 11. The number of aryl methyl sites for hydroxylation is 1. The molecule has 0 fully saturated rings. The van der Waals surface area contributed by atoms with Gasteiger partial charge in [0.15, 0.2) is 6.54 Å². The number of ether oxygens (including phenoxy) is 1. The van der Waals surface area contributed by atoms with Crippen molar-refractivity contribution in [3.05, 3.63) is 60.2 Å². The number of halogens is 1. The molecule has 1 heterocycles. The lowest BCUT2D eigenvalue weighted by molar-refractivity contribution is -0.678. The lowest BCUT2D eigenvalue weighted by Gasteiger charge is -1.99. The maximum absolute atomic E-state index is 6.37. The fraction of sp³-hybridized carbons (Fsp3) is 0.423. The summed E-state index contributed by atoms with van der Waals surface area (Å²) in [7, 11) is 0. The first-order valence-corrected chi connectivity index (χ1v) is 11.0. The van der Waals surface area contributed by atoms with Crippen molar-refractivity contribution < 1.29 is 37.7 Å². The molecule has 3 nitrogen and oxygen atoms in total. The summed E-state index contributed by atoms with van der Waals surface area (Å²) in [6.07, 6.45) is 13.6. The fourth-order valence-electron chi connectivity index (χ4n) is 3.69.